The van der Waals surface area contributed by atoms with Gasteiger partial charge in [0.15, 0.2) is 0 Å². The summed E-state index contributed by atoms with van der Waals surface area (Å²) in [5.41, 5.74) is 5.89. The Bertz CT molecular complexity index is 1740. The highest BCUT2D eigenvalue weighted by molar-refractivity contribution is 9.10. The first kappa shape index (κ1) is 30.9. The number of halogens is 1. The molecule has 0 atom stereocenters. The molecular formula is C33H41BrN7O2P. The van der Waals surface area contributed by atoms with Crippen molar-refractivity contribution in [2.24, 2.45) is 0 Å². The summed E-state index contributed by atoms with van der Waals surface area (Å²) in [7, 11) is -1.01. The molecule has 0 amide bonds. The van der Waals surface area contributed by atoms with E-state index in [0.29, 0.717) is 50.1 Å². The lowest BCUT2D eigenvalue weighted by Gasteiger charge is -2.41. The van der Waals surface area contributed by atoms with Crippen molar-refractivity contribution in [1.82, 2.24) is 24.8 Å². The average molecular weight is 679 g/mol. The topological polar surface area (TPSA) is 105 Å². The first-order valence-electron chi connectivity index (χ1n) is 15.2. The first-order chi connectivity index (χ1) is 20.9. The number of likely N-dealkylation sites (tertiary alicyclic amines) is 1. The van der Waals surface area contributed by atoms with Crippen LogP contribution < -0.4 is 20.7 Å². The normalized spacial score (nSPS) is 16.7. The molecule has 1 aliphatic heterocycles. The van der Waals surface area contributed by atoms with Gasteiger partial charge < -0.3 is 19.9 Å². The Morgan fingerprint density at radius 3 is 2.27 bits per heavy atom. The van der Waals surface area contributed by atoms with Crippen LogP contribution in [-0.2, 0) is 4.57 Å². The third-order valence-electron chi connectivity index (χ3n) is 8.70. The number of fused-ring (bicyclic) bond motifs is 1. The molecule has 2 aliphatic rings. The number of ether oxygens (including phenoxy) is 1. The monoisotopic (exact) mass is 677 g/mol. The van der Waals surface area contributed by atoms with Crippen molar-refractivity contribution in [3.05, 3.63) is 58.5 Å². The summed E-state index contributed by atoms with van der Waals surface area (Å²) in [5.74, 6) is 2.88. The Hall–Kier alpha value is -3.07. The largest absolute Gasteiger partial charge is 0.495 e. The highest BCUT2D eigenvalue weighted by Gasteiger charge is 2.33. The predicted molar refractivity (Wildman–Crippen MR) is 183 cm³/mol. The van der Waals surface area contributed by atoms with E-state index in [1.807, 2.05) is 12.1 Å². The van der Waals surface area contributed by atoms with E-state index < -0.39 is 7.14 Å². The standard InChI is InChI=1S/C33H41BrN7O2P/c1-33(2,3)41-15-11-21(12-16-41)23-18-28(43-4)27(17-22(23)20-7-8-20)39-32-37-19-24(34)31(40-32)38-26-10-9-25-29(36-14-13-35-25)30(26)44(5,6)42/h9-10,13-14,17-21H,7-8,11-12,15-16H2,1-6H3,(H2,37,38,39,40). The highest BCUT2D eigenvalue weighted by Crippen LogP contribution is 2.48. The molecule has 0 bridgehead atoms. The zero-order valence-electron chi connectivity index (χ0n) is 26.3. The fourth-order valence-corrected chi connectivity index (χ4v) is 7.96. The quantitative estimate of drug-likeness (QED) is 0.181. The summed E-state index contributed by atoms with van der Waals surface area (Å²) in [6.07, 6.45) is 9.72. The van der Waals surface area contributed by atoms with Gasteiger partial charge in [0.2, 0.25) is 5.95 Å². The van der Waals surface area contributed by atoms with Crippen molar-refractivity contribution in [2.75, 3.05) is 44.2 Å². The van der Waals surface area contributed by atoms with E-state index in [4.69, 9.17) is 9.72 Å². The van der Waals surface area contributed by atoms with Gasteiger partial charge in [-0.15, -0.1) is 0 Å². The molecule has 0 radical (unpaired) electrons. The number of piperidine rings is 1. The lowest BCUT2D eigenvalue weighted by molar-refractivity contribution is 0.102. The van der Waals surface area contributed by atoms with Gasteiger partial charge in [0.05, 0.1) is 33.8 Å². The van der Waals surface area contributed by atoms with E-state index >= 15 is 0 Å². The van der Waals surface area contributed by atoms with Crippen molar-refractivity contribution in [1.29, 1.82) is 0 Å². The summed E-state index contributed by atoms with van der Waals surface area (Å²) < 4.78 is 20.0. The molecular weight excluding hydrogens is 637 g/mol. The van der Waals surface area contributed by atoms with Crippen LogP contribution in [0.1, 0.15) is 69.4 Å². The highest BCUT2D eigenvalue weighted by atomic mass is 79.9. The maximum absolute atomic E-state index is 13.4. The van der Waals surface area contributed by atoms with E-state index in [1.165, 1.54) is 24.0 Å². The van der Waals surface area contributed by atoms with Crippen molar-refractivity contribution in [3.63, 3.8) is 0 Å². The second-order valence-corrected chi connectivity index (χ2v) is 17.3. The Morgan fingerprint density at radius 1 is 0.932 bits per heavy atom. The second-order valence-electron chi connectivity index (χ2n) is 13.3. The first-order valence-corrected chi connectivity index (χ1v) is 18.6. The SMILES string of the molecule is COc1cc(C2CCN(C(C)(C)C)CC2)c(C2CC2)cc1Nc1ncc(Br)c(Nc2ccc3nccnc3c2P(C)(C)=O)n1. The molecule has 0 unspecified atom stereocenters. The fraction of sp³-hybridized carbons (Fsp3) is 0.455. The number of hydrogen-bond acceptors (Lipinski definition) is 9. The molecule has 2 N–H and O–H groups in total. The molecule has 0 spiro atoms. The molecule has 6 rings (SSSR count). The molecule has 1 aliphatic carbocycles. The summed E-state index contributed by atoms with van der Waals surface area (Å²) >= 11 is 3.59. The predicted octanol–water partition coefficient (Wildman–Crippen LogP) is 7.78. The minimum atomic E-state index is -2.73. The van der Waals surface area contributed by atoms with Crippen LogP contribution in [0, 0.1) is 0 Å². The van der Waals surface area contributed by atoms with Crippen LogP contribution in [0.2, 0.25) is 0 Å². The van der Waals surface area contributed by atoms with Crippen LogP contribution in [0.15, 0.2) is 47.3 Å². The van der Waals surface area contributed by atoms with Gasteiger partial charge in [-0.05, 0) is 136 Å². The van der Waals surface area contributed by atoms with Crippen LogP contribution in [0.5, 0.6) is 5.75 Å². The van der Waals surface area contributed by atoms with E-state index in [1.54, 1.807) is 39.0 Å². The van der Waals surface area contributed by atoms with E-state index in [0.717, 1.165) is 37.4 Å². The van der Waals surface area contributed by atoms with Crippen LogP contribution >= 0.6 is 23.1 Å². The summed E-state index contributed by atoms with van der Waals surface area (Å²) in [5, 5.41) is 7.47. The molecule has 2 aromatic heterocycles. The number of aromatic nitrogens is 4. The van der Waals surface area contributed by atoms with Gasteiger partial charge in [-0.1, -0.05) is 0 Å². The molecule has 1 saturated carbocycles. The molecule has 1 saturated heterocycles. The number of methoxy groups -OCH3 is 1. The van der Waals surface area contributed by atoms with Crippen molar-refractivity contribution >= 4 is 62.6 Å². The Labute approximate surface area is 268 Å². The maximum Gasteiger partial charge on any atom is 0.229 e. The van der Waals surface area contributed by atoms with E-state index in [2.05, 4.69) is 79.3 Å². The number of nitrogens with zero attached hydrogens (tertiary/aromatic N) is 5. The molecule has 2 fully saturated rings. The van der Waals surface area contributed by atoms with Crippen LogP contribution in [0.4, 0.5) is 23.1 Å². The Balaban J connectivity index is 1.30. The van der Waals surface area contributed by atoms with Crippen molar-refractivity contribution < 1.29 is 9.30 Å². The number of rotatable bonds is 8. The Kier molecular flexibility index (Phi) is 8.46. The third-order valence-corrected chi connectivity index (χ3v) is 10.8. The van der Waals surface area contributed by atoms with E-state index in [9.17, 15) is 4.57 Å². The summed E-state index contributed by atoms with van der Waals surface area (Å²) in [6.45, 7) is 12.6. The molecule has 9 nitrogen and oxygen atoms in total. The van der Waals surface area contributed by atoms with Gasteiger partial charge in [0.1, 0.15) is 24.2 Å². The minimum absolute atomic E-state index is 0.199. The van der Waals surface area contributed by atoms with Crippen LogP contribution in [0.25, 0.3) is 11.0 Å². The van der Waals surface area contributed by atoms with Crippen LogP contribution in [-0.4, -0.2) is 63.9 Å². The minimum Gasteiger partial charge on any atom is -0.495 e. The van der Waals surface area contributed by atoms with Gasteiger partial charge in [-0.25, -0.2) is 4.98 Å². The van der Waals surface area contributed by atoms with Gasteiger partial charge in [-0.3, -0.25) is 14.9 Å². The maximum atomic E-state index is 13.4. The smallest absolute Gasteiger partial charge is 0.229 e. The Morgan fingerprint density at radius 2 is 1.61 bits per heavy atom. The zero-order valence-corrected chi connectivity index (χ0v) is 28.8. The number of anilines is 4. The summed E-state index contributed by atoms with van der Waals surface area (Å²) in [4.78, 5) is 20.9. The van der Waals surface area contributed by atoms with E-state index in [-0.39, 0.29) is 5.54 Å². The molecule has 11 heteroatoms. The van der Waals surface area contributed by atoms with Gasteiger partial charge in [0.25, 0.3) is 0 Å². The van der Waals surface area contributed by atoms with Gasteiger partial charge >= 0.3 is 0 Å². The lowest BCUT2D eigenvalue weighted by atomic mass is 9.83. The molecule has 4 aromatic rings. The lowest BCUT2D eigenvalue weighted by Crippen LogP contribution is -2.45. The second kappa shape index (κ2) is 12.0. The number of benzene rings is 2. The molecule has 3 heterocycles. The summed E-state index contributed by atoms with van der Waals surface area (Å²) in [6, 6.07) is 8.25. The van der Waals surface area contributed by atoms with Gasteiger partial charge in [0, 0.05) is 24.1 Å². The van der Waals surface area contributed by atoms with Crippen molar-refractivity contribution in [3.8, 4) is 5.75 Å². The van der Waals surface area contributed by atoms with Crippen molar-refractivity contribution in [2.45, 2.75) is 63.8 Å². The molecule has 44 heavy (non-hydrogen) atoms. The average Bonchev–Trinajstić information content (AvgIpc) is 3.83. The third kappa shape index (κ3) is 6.49. The van der Waals surface area contributed by atoms with Gasteiger partial charge in [-0.2, -0.15) is 4.98 Å². The molecule has 232 valence electrons. The van der Waals surface area contributed by atoms with Crippen LogP contribution in [0.3, 0.4) is 0 Å². The zero-order chi connectivity index (χ0) is 31.2. The number of hydrogen-bond donors (Lipinski definition) is 2. The molecule has 2 aromatic carbocycles. The number of nitrogens with one attached hydrogen (secondary N) is 2. The fourth-order valence-electron chi connectivity index (χ4n) is 6.27.